The molecule has 0 saturated carbocycles. The van der Waals surface area contributed by atoms with Crippen molar-refractivity contribution in [2.45, 2.75) is 6.92 Å². The predicted octanol–water partition coefficient (Wildman–Crippen LogP) is 1.21. The number of hydrogen-bond donors (Lipinski definition) is 3. The monoisotopic (exact) mass is 250 g/mol. The highest BCUT2D eigenvalue weighted by molar-refractivity contribution is 6.33. The van der Waals surface area contributed by atoms with Gasteiger partial charge in [0.05, 0.1) is 16.4 Å². The van der Waals surface area contributed by atoms with Gasteiger partial charge in [-0.05, 0) is 25.1 Å². The van der Waals surface area contributed by atoms with Crippen LogP contribution in [0.2, 0.25) is 5.02 Å². The van der Waals surface area contributed by atoms with Crippen molar-refractivity contribution < 1.29 is 4.79 Å². The Morgan fingerprint density at radius 3 is 2.82 bits per heavy atom. The number of rotatable bonds is 2. The van der Waals surface area contributed by atoms with Crippen LogP contribution in [0, 0.1) is 0 Å². The number of aliphatic imine (C=N–C) groups is 1. The molecule has 1 heterocycles. The molecule has 88 valence electrons. The third-order valence-electron chi connectivity index (χ3n) is 2.37. The summed E-state index contributed by atoms with van der Waals surface area (Å²) in [5.74, 6) is 0.529. The number of nitrogens with one attached hydrogen (secondary N) is 2. The summed E-state index contributed by atoms with van der Waals surface area (Å²) in [5, 5.41) is 0.487. The highest BCUT2D eigenvalue weighted by Crippen LogP contribution is 2.20. The van der Waals surface area contributed by atoms with Crippen LogP contribution in [-0.2, 0) is 4.79 Å². The maximum atomic E-state index is 10.8. The molecule has 0 fully saturated rings. The van der Waals surface area contributed by atoms with Crippen molar-refractivity contribution in [3.8, 4) is 0 Å². The Balaban J connectivity index is 2.41. The van der Waals surface area contributed by atoms with Crippen LogP contribution < -0.4 is 16.6 Å². The fourth-order valence-corrected chi connectivity index (χ4v) is 1.51. The topological polar surface area (TPSA) is 79.5 Å². The summed E-state index contributed by atoms with van der Waals surface area (Å²) >= 11 is 5.83. The standard InChI is InChI=1S/C11H11ClN4O/c1-6-10(5-17)14-11(16-15-6)7-2-3-8(12)9(13)4-7/h2-5,15H,13H2,1H3,(H,14,16). The van der Waals surface area contributed by atoms with Crippen LogP contribution in [0.3, 0.4) is 0 Å². The summed E-state index contributed by atoms with van der Waals surface area (Å²) in [6.45, 7) is 1.76. The molecule has 1 aromatic rings. The second-order valence-electron chi connectivity index (χ2n) is 3.57. The van der Waals surface area contributed by atoms with Crippen molar-refractivity contribution in [1.82, 2.24) is 10.9 Å². The SMILES string of the molecule is CC1=C(C=O)N=C(c2ccc(Cl)c(N)c2)NN1. The first-order chi connectivity index (χ1) is 8.11. The summed E-state index contributed by atoms with van der Waals surface area (Å²) in [6, 6.07) is 5.15. The zero-order valence-corrected chi connectivity index (χ0v) is 9.88. The minimum Gasteiger partial charge on any atom is -0.398 e. The Labute approximate surface area is 103 Å². The quantitative estimate of drug-likeness (QED) is 0.544. The van der Waals surface area contributed by atoms with Gasteiger partial charge in [0.25, 0.3) is 0 Å². The summed E-state index contributed by atoms with van der Waals surface area (Å²) in [4.78, 5) is 15.0. The Kier molecular flexibility index (Phi) is 3.01. The third-order valence-corrected chi connectivity index (χ3v) is 2.71. The lowest BCUT2D eigenvalue weighted by molar-refractivity contribution is -0.105. The molecule has 0 atom stereocenters. The fraction of sp³-hybridized carbons (Fsp3) is 0.0909. The van der Waals surface area contributed by atoms with Crippen LogP contribution in [0.4, 0.5) is 5.69 Å². The minimum absolute atomic E-state index is 0.354. The van der Waals surface area contributed by atoms with Crippen molar-refractivity contribution >= 4 is 29.4 Å². The van der Waals surface area contributed by atoms with Gasteiger partial charge in [-0.15, -0.1) is 0 Å². The van der Waals surface area contributed by atoms with E-state index in [-0.39, 0.29) is 0 Å². The van der Waals surface area contributed by atoms with E-state index in [2.05, 4.69) is 15.8 Å². The average molecular weight is 251 g/mol. The highest BCUT2D eigenvalue weighted by atomic mass is 35.5. The molecule has 0 bridgehead atoms. The van der Waals surface area contributed by atoms with Gasteiger partial charge in [-0.25, -0.2) is 4.99 Å². The van der Waals surface area contributed by atoms with Gasteiger partial charge in [-0.1, -0.05) is 11.6 Å². The van der Waals surface area contributed by atoms with Crippen molar-refractivity contribution in [1.29, 1.82) is 0 Å². The molecule has 0 radical (unpaired) electrons. The Bertz CT molecular complexity index is 536. The number of nitrogens with two attached hydrogens (primary N) is 1. The lowest BCUT2D eigenvalue weighted by Gasteiger charge is -2.18. The van der Waals surface area contributed by atoms with Crippen LogP contribution in [0.15, 0.2) is 34.6 Å². The molecule has 0 amide bonds. The lowest BCUT2D eigenvalue weighted by atomic mass is 10.2. The zero-order valence-electron chi connectivity index (χ0n) is 9.12. The van der Waals surface area contributed by atoms with E-state index < -0.39 is 0 Å². The van der Waals surface area contributed by atoms with Crippen LogP contribution in [-0.4, -0.2) is 12.1 Å². The number of nitrogen functional groups attached to an aromatic ring is 1. The number of hydrazine groups is 1. The fourth-order valence-electron chi connectivity index (χ4n) is 1.39. The molecule has 1 aromatic carbocycles. The number of amidine groups is 1. The number of hydrogen-bond acceptors (Lipinski definition) is 5. The van der Waals surface area contributed by atoms with E-state index in [1.54, 1.807) is 25.1 Å². The van der Waals surface area contributed by atoms with Gasteiger partial charge in [0.1, 0.15) is 5.70 Å². The number of allylic oxidation sites excluding steroid dienone is 2. The van der Waals surface area contributed by atoms with Gasteiger partial charge in [0, 0.05) is 5.56 Å². The maximum absolute atomic E-state index is 10.8. The molecule has 17 heavy (non-hydrogen) atoms. The van der Waals surface area contributed by atoms with Crippen molar-refractivity contribution in [2.24, 2.45) is 4.99 Å². The number of carbonyl (C=O) groups is 1. The zero-order chi connectivity index (χ0) is 12.4. The van der Waals surface area contributed by atoms with E-state index in [4.69, 9.17) is 17.3 Å². The lowest BCUT2D eigenvalue weighted by Crippen LogP contribution is -2.40. The van der Waals surface area contributed by atoms with Crippen LogP contribution in [0.25, 0.3) is 0 Å². The Morgan fingerprint density at radius 1 is 1.41 bits per heavy atom. The molecule has 0 saturated heterocycles. The number of carbonyl (C=O) groups excluding carboxylic acids is 1. The van der Waals surface area contributed by atoms with Crippen LogP contribution in [0.1, 0.15) is 12.5 Å². The average Bonchev–Trinajstić information content (AvgIpc) is 2.33. The van der Waals surface area contributed by atoms with E-state index in [1.807, 2.05) is 0 Å². The molecule has 4 N–H and O–H groups in total. The van der Waals surface area contributed by atoms with E-state index in [1.165, 1.54) is 0 Å². The van der Waals surface area contributed by atoms with Crippen LogP contribution in [0.5, 0.6) is 0 Å². The molecule has 0 unspecified atom stereocenters. The van der Waals surface area contributed by atoms with Crippen molar-refractivity contribution in [3.05, 3.63) is 40.2 Å². The molecule has 0 aliphatic carbocycles. The van der Waals surface area contributed by atoms with Crippen molar-refractivity contribution in [2.75, 3.05) is 5.73 Å². The summed E-state index contributed by atoms with van der Waals surface area (Å²) < 4.78 is 0. The van der Waals surface area contributed by atoms with Gasteiger partial charge in [-0.3, -0.25) is 10.2 Å². The molecule has 5 nitrogen and oxygen atoms in total. The normalized spacial score (nSPS) is 14.8. The molecule has 1 aliphatic heterocycles. The second-order valence-corrected chi connectivity index (χ2v) is 3.98. The summed E-state index contributed by atoms with van der Waals surface area (Å²) in [6.07, 6.45) is 0.697. The number of nitrogens with zero attached hydrogens (tertiary/aromatic N) is 1. The largest absolute Gasteiger partial charge is 0.398 e. The number of halogens is 1. The first kappa shape index (κ1) is 11.5. The highest BCUT2D eigenvalue weighted by Gasteiger charge is 2.12. The van der Waals surface area contributed by atoms with Gasteiger partial charge in [0.15, 0.2) is 12.1 Å². The summed E-state index contributed by atoms with van der Waals surface area (Å²) in [7, 11) is 0. The Morgan fingerprint density at radius 2 is 2.18 bits per heavy atom. The number of benzene rings is 1. The first-order valence-corrected chi connectivity index (χ1v) is 5.32. The molecule has 1 aliphatic rings. The summed E-state index contributed by atoms with van der Waals surface area (Å²) in [5.41, 5.74) is 13.7. The van der Waals surface area contributed by atoms with Gasteiger partial charge in [-0.2, -0.15) is 0 Å². The predicted molar refractivity (Wildman–Crippen MR) is 67.4 cm³/mol. The molecular formula is C11H11ClN4O. The first-order valence-electron chi connectivity index (χ1n) is 4.94. The third kappa shape index (κ3) is 2.24. The smallest absolute Gasteiger partial charge is 0.170 e. The molecule has 0 spiro atoms. The van der Waals surface area contributed by atoms with E-state index in [9.17, 15) is 4.79 Å². The van der Waals surface area contributed by atoms with Crippen LogP contribution >= 0.6 is 11.6 Å². The van der Waals surface area contributed by atoms with Gasteiger partial charge < -0.3 is 11.2 Å². The van der Waals surface area contributed by atoms with Crippen molar-refractivity contribution in [3.63, 3.8) is 0 Å². The molecule has 0 aromatic heterocycles. The molecule has 2 rings (SSSR count). The number of aldehydes is 1. The molecular weight excluding hydrogens is 240 g/mol. The second kappa shape index (κ2) is 4.47. The maximum Gasteiger partial charge on any atom is 0.170 e. The van der Waals surface area contributed by atoms with E-state index in [0.29, 0.717) is 34.2 Å². The minimum atomic E-state index is 0.354. The van der Waals surface area contributed by atoms with E-state index in [0.717, 1.165) is 5.56 Å². The van der Waals surface area contributed by atoms with Gasteiger partial charge >= 0.3 is 0 Å². The Hall–Kier alpha value is -2.01. The number of anilines is 1. The molecule has 6 heteroatoms. The van der Waals surface area contributed by atoms with E-state index >= 15 is 0 Å². The van der Waals surface area contributed by atoms with Gasteiger partial charge in [0.2, 0.25) is 0 Å².